The molecule has 0 fully saturated rings. The van der Waals surface area contributed by atoms with Crippen LogP contribution in [0.5, 0.6) is 5.75 Å². The molecule has 0 bridgehead atoms. The van der Waals surface area contributed by atoms with E-state index in [1.807, 2.05) is 20.9 Å². The Morgan fingerprint density at radius 3 is 2.58 bits per heavy atom. The molecule has 0 saturated carbocycles. The molecule has 19 heavy (non-hydrogen) atoms. The third-order valence-electron chi connectivity index (χ3n) is 2.97. The molecular weight excluding hydrogens is 244 g/mol. The first kappa shape index (κ1) is 15.4. The van der Waals surface area contributed by atoms with Gasteiger partial charge in [0.1, 0.15) is 0 Å². The Labute approximate surface area is 114 Å². The summed E-state index contributed by atoms with van der Waals surface area (Å²) in [4.78, 5) is 10.6. The number of nitro groups is 1. The Hall–Kier alpha value is -1.62. The quantitative estimate of drug-likeness (QED) is 0.608. The number of nitrogens with zero attached hydrogens (tertiary/aromatic N) is 1. The van der Waals surface area contributed by atoms with Gasteiger partial charge in [-0.2, -0.15) is 0 Å². The Kier molecular flexibility index (Phi) is 5.76. The lowest BCUT2D eigenvalue weighted by atomic mass is 10.0. The molecule has 5 nitrogen and oxygen atoms in total. The van der Waals surface area contributed by atoms with Crippen LogP contribution in [0.1, 0.15) is 32.8 Å². The molecule has 1 rings (SSSR count). The van der Waals surface area contributed by atoms with Crippen molar-refractivity contribution < 1.29 is 9.66 Å². The number of nitro benzene ring substituents is 1. The highest BCUT2D eigenvalue weighted by Gasteiger charge is 2.17. The van der Waals surface area contributed by atoms with Crippen molar-refractivity contribution >= 4 is 5.69 Å². The minimum atomic E-state index is -0.406. The standard InChI is InChI=1S/C14H22N2O3/c1-5-12(15-4)8-11-6-7-13(16(17)18)14(9-11)19-10(2)3/h6-7,9-10,12,15H,5,8H2,1-4H3. The minimum absolute atomic E-state index is 0.0231. The SMILES string of the molecule is CCC(Cc1ccc([N+](=O)[O-])c(OC(C)C)c1)NC. The Morgan fingerprint density at radius 1 is 1.42 bits per heavy atom. The first-order valence-corrected chi connectivity index (χ1v) is 6.59. The summed E-state index contributed by atoms with van der Waals surface area (Å²) < 4.78 is 5.53. The van der Waals surface area contributed by atoms with E-state index in [9.17, 15) is 10.1 Å². The summed E-state index contributed by atoms with van der Waals surface area (Å²) >= 11 is 0. The van der Waals surface area contributed by atoms with Crippen LogP contribution in [0.25, 0.3) is 0 Å². The van der Waals surface area contributed by atoms with Crippen molar-refractivity contribution in [2.24, 2.45) is 0 Å². The van der Waals surface area contributed by atoms with Gasteiger partial charge in [-0.1, -0.05) is 13.0 Å². The maximum atomic E-state index is 11.0. The van der Waals surface area contributed by atoms with Crippen LogP contribution in [0.2, 0.25) is 0 Å². The van der Waals surface area contributed by atoms with Crippen LogP contribution in [-0.2, 0) is 6.42 Å². The fraction of sp³-hybridized carbons (Fsp3) is 0.571. The molecule has 0 aliphatic rings. The molecule has 106 valence electrons. The number of hydrogen-bond acceptors (Lipinski definition) is 4. The zero-order valence-electron chi connectivity index (χ0n) is 12.0. The van der Waals surface area contributed by atoms with Crippen LogP contribution in [0.3, 0.4) is 0 Å². The highest BCUT2D eigenvalue weighted by Crippen LogP contribution is 2.29. The summed E-state index contributed by atoms with van der Waals surface area (Å²) in [5.74, 6) is 0.350. The Bertz CT molecular complexity index is 429. The normalized spacial score (nSPS) is 12.5. The number of likely N-dealkylation sites (N-methyl/N-ethyl adjacent to an activating group) is 1. The molecule has 1 N–H and O–H groups in total. The largest absolute Gasteiger partial charge is 0.484 e. The lowest BCUT2D eigenvalue weighted by Gasteiger charge is -2.15. The summed E-state index contributed by atoms with van der Waals surface area (Å²) in [6.07, 6.45) is 1.76. The van der Waals surface area contributed by atoms with Gasteiger partial charge in [-0.3, -0.25) is 10.1 Å². The Morgan fingerprint density at radius 2 is 2.11 bits per heavy atom. The summed E-state index contributed by atoms with van der Waals surface area (Å²) in [6.45, 7) is 5.83. The summed E-state index contributed by atoms with van der Waals surface area (Å²) in [7, 11) is 1.92. The highest BCUT2D eigenvalue weighted by atomic mass is 16.6. The second kappa shape index (κ2) is 7.09. The van der Waals surface area contributed by atoms with Gasteiger partial charge in [-0.25, -0.2) is 0 Å². The van der Waals surface area contributed by atoms with Gasteiger partial charge in [0.05, 0.1) is 11.0 Å². The molecule has 0 amide bonds. The van der Waals surface area contributed by atoms with Gasteiger partial charge >= 0.3 is 5.69 Å². The second-order valence-corrected chi connectivity index (χ2v) is 4.82. The monoisotopic (exact) mass is 266 g/mol. The number of benzene rings is 1. The lowest BCUT2D eigenvalue weighted by molar-refractivity contribution is -0.386. The van der Waals surface area contributed by atoms with Crippen molar-refractivity contribution in [3.63, 3.8) is 0 Å². The van der Waals surface area contributed by atoms with Crippen molar-refractivity contribution in [3.05, 3.63) is 33.9 Å². The van der Waals surface area contributed by atoms with E-state index in [1.54, 1.807) is 12.1 Å². The van der Waals surface area contributed by atoms with E-state index in [2.05, 4.69) is 12.2 Å². The zero-order chi connectivity index (χ0) is 14.4. The first-order chi connectivity index (χ1) is 8.97. The third-order valence-corrected chi connectivity index (χ3v) is 2.97. The van der Waals surface area contributed by atoms with Crippen molar-refractivity contribution in [1.82, 2.24) is 5.32 Å². The molecule has 1 atom stereocenters. The molecule has 0 aromatic heterocycles. The molecule has 0 aliphatic carbocycles. The predicted octanol–water partition coefficient (Wildman–Crippen LogP) is 2.92. The summed E-state index contributed by atoms with van der Waals surface area (Å²) in [5, 5.41) is 14.2. The molecule has 1 unspecified atom stereocenters. The van der Waals surface area contributed by atoms with Gasteiger partial charge in [0.25, 0.3) is 0 Å². The second-order valence-electron chi connectivity index (χ2n) is 4.82. The fourth-order valence-electron chi connectivity index (χ4n) is 1.92. The van der Waals surface area contributed by atoms with E-state index in [-0.39, 0.29) is 11.8 Å². The number of ether oxygens (including phenoxy) is 1. The molecule has 1 aromatic rings. The van der Waals surface area contributed by atoms with Crippen LogP contribution >= 0.6 is 0 Å². The first-order valence-electron chi connectivity index (χ1n) is 6.59. The van der Waals surface area contributed by atoms with Crippen molar-refractivity contribution in [1.29, 1.82) is 0 Å². The van der Waals surface area contributed by atoms with Crippen LogP contribution in [0.15, 0.2) is 18.2 Å². The Balaban J connectivity index is 3.00. The smallest absolute Gasteiger partial charge is 0.310 e. The molecule has 1 aromatic carbocycles. The highest BCUT2D eigenvalue weighted by molar-refractivity contribution is 5.48. The molecule has 0 spiro atoms. The van der Waals surface area contributed by atoms with Crippen LogP contribution in [0.4, 0.5) is 5.69 Å². The predicted molar refractivity (Wildman–Crippen MR) is 75.7 cm³/mol. The van der Waals surface area contributed by atoms with Gasteiger partial charge in [-0.05, 0) is 45.4 Å². The lowest BCUT2D eigenvalue weighted by Crippen LogP contribution is -2.26. The van der Waals surface area contributed by atoms with Gasteiger partial charge in [0.15, 0.2) is 5.75 Å². The topological polar surface area (TPSA) is 64.4 Å². The average Bonchev–Trinajstić information content (AvgIpc) is 2.35. The molecule has 5 heteroatoms. The fourth-order valence-corrected chi connectivity index (χ4v) is 1.92. The maximum Gasteiger partial charge on any atom is 0.310 e. The van der Waals surface area contributed by atoms with Gasteiger partial charge in [0, 0.05) is 12.1 Å². The van der Waals surface area contributed by atoms with Crippen LogP contribution < -0.4 is 10.1 Å². The van der Waals surface area contributed by atoms with E-state index < -0.39 is 4.92 Å². The van der Waals surface area contributed by atoms with E-state index in [0.29, 0.717) is 11.8 Å². The van der Waals surface area contributed by atoms with Crippen molar-refractivity contribution in [2.45, 2.75) is 45.8 Å². The van der Waals surface area contributed by atoms with E-state index >= 15 is 0 Å². The molecule has 0 saturated heterocycles. The van der Waals surface area contributed by atoms with E-state index in [1.165, 1.54) is 6.07 Å². The molecular formula is C14H22N2O3. The van der Waals surface area contributed by atoms with Gasteiger partial charge in [0.2, 0.25) is 0 Å². The van der Waals surface area contributed by atoms with E-state index in [4.69, 9.17) is 4.74 Å². The van der Waals surface area contributed by atoms with Crippen LogP contribution in [0, 0.1) is 10.1 Å². The maximum absolute atomic E-state index is 11.0. The van der Waals surface area contributed by atoms with Crippen LogP contribution in [-0.4, -0.2) is 24.1 Å². The minimum Gasteiger partial charge on any atom is -0.484 e. The molecule has 0 aliphatic heterocycles. The molecule has 0 radical (unpaired) electrons. The number of nitrogens with one attached hydrogen (secondary N) is 1. The summed E-state index contributed by atoms with van der Waals surface area (Å²) in [6, 6.07) is 5.46. The third kappa shape index (κ3) is 4.52. The van der Waals surface area contributed by atoms with Gasteiger partial charge in [-0.15, -0.1) is 0 Å². The van der Waals surface area contributed by atoms with E-state index in [0.717, 1.165) is 18.4 Å². The number of rotatable bonds is 7. The summed E-state index contributed by atoms with van der Waals surface area (Å²) in [5.41, 5.74) is 1.07. The molecule has 0 heterocycles. The number of hydrogen-bond donors (Lipinski definition) is 1. The van der Waals surface area contributed by atoms with Crippen molar-refractivity contribution in [2.75, 3.05) is 7.05 Å². The van der Waals surface area contributed by atoms with Crippen molar-refractivity contribution in [3.8, 4) is 5.75 Å². The van der Waals surface area contributed by atoms with Gasteiger partial charge < -0.3 is 10.1 Å². The zero-order valence-corrected chi connectivity index (χ0v) is 12.0. The average molecular weight is 266 g/mol.